The predicted molar refractivity (Wildman–Crippen MR) is 258 cm³/mol. The number of epoxide rings is 1. The lowest BCUT2D eigenvalue weighted by Gasteiger charge is -2.59. The fraction of sp³-hybridized carbons (Fsp3) is 0.821. The van der Waals surface area contributed by atoms with Gasteiger partial charge in [-0.2, -0.15) is 0 Å². The number of carbonyl (C=O) groups excluding carboxylic acids is 2. The summed E-state index contributed by atoms with van der Waals surface area (Å²) in [4.78, 5) is 27.4. The quantitative estimate of drug-likeness (QED) is 0.0218. The Hall–Kier alpha value is -2.14. The van der Waals surface area contributed by atoms with Crippen LogP contribution in [0.25, 0.3) is 0 Å². The summed E-state index contributed by atoms with van der Waals surface area (Å²) in [6.07, 6.45) is 41.5. The molecule has 9 heteroatoms. The first-order chi connectivity index (χ1) is 31.4. The highest BCUT2D eigenvalue weighted by Gasteiger charge is 2.88. The van der Waals surface area contributed by atoms with Crippen molar-refractivity contribution in [2.45, 2.75) is 268 Å². The first kappa shape index (κ1) is 52.2. The van der Waals surface area contributed by atoms with Crippen LogP contribution >= 0.6 is 0 Å². The van der Waals surface area contributed by atoms with E-state index in [1.807, 2.05) is 19.1 Å². The van der Waals surface area contributed by atoms with E-state index < -0.39 is 64.3 Å². The zero-order valence-corrected chi connectivity index (χ0v) is 41.5. The molecule has 5 fully saturated rings. The molecule has 0 aromatic carbocycles. The van der Waals surface area contributed by atoms with E-state index in [9.17, 15) is 19.8 Å². The summed E-state index contributed by atoms with van der Waals surface area (Å²) in [7, 11) is 0. The molecule has 0 aromatic heterocycles. The SMILES string of the molecule is C=C(C)C12CC(C)C34OC(C=CC=CCCCCCCCCC)(OC1C3C1OC1(COC(=O)CCCCCCCCCCCCCCCCCCCCC)C(O)C1(O)C(=O)C(C)=CC14)O2. The van der Waals surface area contributed by atoms with Gasteiger partial charge in [0.25, 0.3) is 0 Å². The molecule has 2 N–H and O–H groups in total. The van der Waals surface area contributed by atoms with Crippen LogP contribution in [0, 0.1) is 17.8 Å². The van der Waals surface area contributed by atoms with Crippen molar-refractivity contribution in [1.82, 2.24) is 0 Å². The number of rotatable bonds is 33. The van der Waals surface area contributed by atoms with Crippen LogP contribution in [-0.4, -0.2) is 75.3 Å². The molecule has 11 unspecified atom stereocenters. The highest BCUT2D eigenvalue weighted by molar-refractivity contribution is 6.05. The summed E-state index contributed by atoms with van der Waals surface area (Å²) in [5, 5.41) is 25.0. The molecule has 0 amide bonds. The van der Waals surface area contributed by atoms with Gasteiger partial charge in [-0.25, -0.2) is 0 Å². The average molecular weight is 907 g/mol. The maximum Gasteiger partial charge on any atom is 0.306 e. The summed E-state index contributed by atoms with van der Waals surface area (Å²) in [5.74, 6) is -4.34. The van der Waals surface area contributed by atoms with E-state index in [2.05, 4.69) is 33.4 Å². The predicted octanol–water partition coefficient (Wildman–Crippen LogP) is 12.8. The van der Waals surface area contributed by atoms with Gasteiger partial charge in [-0.15, -0.1) is 0 Å². The van der Waals surface area contributed by atoms with Gasteiger partial charge in [-0.3, -0.25) is 9.59 Å². The van der Waals surface area contributed by atoms with Gasteiger partial charge in [0.15, 0.2) is 17.0 Å². The maximum atomic E-state index is 14.1. The smallest absolute Gasteiger partial charge is 0.306 e. The molecule has 65 heavy (non-hydrogen) atoms. The second kappa shape index (κ2) is 23.9. The van der Waals surface area contributed by atoms with Crippen molar-refractivity contribution in [3.8, 4) is 0 Å². The molecule has 3 aliphatic carbocycles. The van der Waals surface area contributed by atoms with E-state index >= 15 is 0 Å². The van der Waals surface area contributed by atoms with E-state index in [-0.39, 0.29) is 24.9 Å². The lowest BCUT2D eigenvalue weighted by atomic mass is 9.54. The van der Waals surface area contributed by atoms with Crippen LogP contribution in [0.15, 0.2) is 48.1 Å². The number of aliphatic hydroxyl groups is 2. The number of unbranched alkanes of at least 4 members (excludes halogenated alkanes) is 25. The van der Waals surface area contributed by atoms with Crippen molar-refractivity contribution >= 4 is 11.8 Å². The van der Waals surface area contributed by atoms with Crippen molar-refractivity contribution in [2.24, 2.45) is 17.8 Å². The van der Waals surface area contributed by atoms with Gasteiger partial charge in [0.05, 0.1) is 5.60 Å². The number of allylic oxidation sites excluding steroid dienone is 3. The largest absolute Gasteiger partial charge is 0.462 e. The molecular formula is C56H90O9. The molecule has 368 valence electrons. The van der Waals surface area contributed by atoms with Crippen molar-refractivity contribution in [3.05, 3.63) is 48.1 Å². The van der Waals surface area contributed by atoms with Crippen molar-refractivity contribution in [3.63, 3.8) is 0 Å². The number of Topliss-reactive ketones (excluding diaryl/α,β-unsaturated/α-hetero) is 1. The van der Waals surface area contributed by atoms with Crippen LogP contribution in [-0.2, 0) is 33.3 Å². The highest BCUT2D eigenvalue weighted by Crippen LogP contribution is 2.72. The fourth-order valence-electron chi connectivity index (χ4n) is 12.6. The molecule has 9 nitrogen and oxygen atoms in total. The topological polar surface area (TPSA) is 124 Å². The van der Waals surface area contributed by atoms with E-state index in [0.29, 0.717) is 12.0 Å². The summed E-state index contributed by atoms with van der Waals surface area (Å²) in [6, 6.07) is 0. The molecule has 0 radical (unpaired) electrons. The van der Waals surface area contributed by atoms with Crippen LogP contribution in [0.2, 0.25) is 0 Å². The first-order valence-electron chi connectivity index (χ1n) is 26.9. The van der Waals surface area contributed by atoms with Crippen LogP contribution in [0.4, 0.5) is 0 Å². The molecule has 0 spiro atoms. The normalized spacial score (nSPS) is 35.4. The number of fused-ring (bicyclic) bond motifs is 3. The van der Waals surface area contributed by atoms with E-state index in [0.717, 1.165) is 37.7 Å². The number of carbonyl (C=O) groups is 2. The minimum Gasteiger partial charge on any atom is -0.462 e. The Balaban J connectivity index is 0.995. The summed E-state index contributed by atoms with van der Waals surface area (Å²) in [5.41, 5.74) is -4.85. The van der Waals surface area contributed by atoms with Gasteiger partial charge in [0.1, 0.15) is 30.5 Å². The van der Waals surface area contributed by atoms with E-state index in [1.165, 1.54) is 141 Å². The number of aliphatic hydroxyl groups excluding tert-OH is 1. The maximum absolute atomic E-state index is 14.1. The van der Waals surface area contributed by atoms with Gasteiger partial charge >= 0.3 is 11.9 Å². The molecule has 0 aromatic rings. The summed E-state index contributed by atoms with van der Waals surface area (Å²) >= 11 is 0. The van der Waals surface area contributed by atoms with E-state index in [1.54, 1.807) is 19.1 Å². The van der Waals surface area contributed by atoms with Crippen LogP contribution in [0.1, 0.15) is 221 Å². The van der Waals surface area contributed by atoms with Crippen LogP contribution in [0.3, 0.4) is 0 Å². The molecule has 6 aliphatic rings. The minimum absolute atomic E-state index is 0.260. The van der Waals surface area contributed by atoms with Crippen molar-refractivity contribution in [2.75, 3.05) is 6.61 Å². The monoisotopic (exact) mass is 907 g/mol. The van der Waals surface area contributed by atoms with E-state index in [4.69, 9.17) is 23.7 Å². The second-order valence-corrected chi connectivity index (χ2v) is 21.4. The standard InChI is InChI=1S/C56H90O9/c1-7-9-11-13-15-17-19-20-21-22-23-24-25-26-27-29-31-33-35-37-46(57)61-41-53-50(62-53)47-49-52(42(3)4)40-44(6)56(47,45-39-43(5)48(58)55(45,60)51(53)59)65-54(63-49,64-52)38-36-34-32-30-28-18-16-14-12-10-8-2/h32,34,36,38-39,44-45,47,49-51,59-60H,3,7-31,33,35,37,40-41H2,1-2,4-6H3. The average Bonchev–Trinajstić information content (AvgIpc) is 3.91. The molecular weight excluding hydrogens is 817 g/mol. The number of esters is 1. The van der Waals surface area contributed by atoms with Gasteiger partial charge in [0, 0.05) is 24.3 Å². The Morgan fingerprint density at radius 1 is 0.769 bits per heavy atom. The molecule has 3 aliphatic heterocycles. The van der Waals surface area contributed by atoms with Gasteiger partial charge < -0.3 is 33.9 Å². The lowest BCUT2D eigenvalue weighted by Crippen LogP contribution is -2.72. The number of ether oxygens (including phenoxy) is 5. The van der Waals surface area contributed by atoms with Crippen LogP contribution < -0.4 is 0 Å². The van der Waals surface area contributed by atoms with Crippen molar-refractivity contribution < 1.29 is 43.5 Å². The highest BCUT2D eigenvalue weighted by atomic mass is 16.9. The third kappa shape index (κ3) is 11.3. The fourth-order valence-corrected chi connectivity index (χ4v) is 12.6. The Bertz CT molecular complexity index is 1650. The Morgan fingerprint density at radius 3 is 1.83 bits per heavy atom. The molecule has 3 heterocycles. The number of ketones is 1. The van der Waals surface area contributed by atoms with Gasteiger partial charge in [-0.05, 0) is 56.6 Å². The van der Waals surface area contributed by atoms with Gasteiger partial charge in [0.2, 0.25) is 0 Å². The Kier molecular flexibility index (Phi) is 19.2. The summed E-state index contributed by atoms with van der Waals surface area (Å²) < 4.78 is 33.4. The molecule has 6 rings (SSSR count). The molecule has 3 bridgehead atoms. The second-order valence-electron chi connectivity index (χ2n) is 21.4. The lowest BCUT2D eigenvalue weighted by molar-refractivity contribution is -0.406. The molecule has 3 saturated heterocycles. The summed E-state index contributed by atoms with van der Waals surface area (Å²) in [6.45, 7) is 14.3. The third-order valence-corrected chi connectivity index (χ3v) is 16.4. The zero-order valence-electron chi connectivity index (χ0n) is 41.5. The molecule has 2 saturated carbocycles. The molecule has 11 atom stereocenters. The Labute approximate surface area is 393 Å². The zero-order chi connectivity index (χ0) is 46.6. The first-order valence-corrected chi connectivity index (χ1v) is 26.9. The van der Waals surface area contributed by atoms with Crippen molar-refractivity contribution in [1.29, 1.82) is 0 Å². The minimum atomic E-state index is -2.28. The Morgan fingerprint density at radius 2 is 1.29 bits per heavy atom. The van der Waals surface area contributed by atoms with Crippen LogP contribution in [0.5, 0.6) is 0 Å². The number of hydrogen-bond donors (Lipinski definition) is 2. The number of hydrogen-bond acceptors (Lipinski definition) is 9. The van der Waals surface area contributed by atoms with Gasteiger partial charge in [-0.1, -0.05) is 206 Å². The third-order valence-electron chi connectivity index (χ3n) is 16.4.